The average Bonchev–Trinajstić information content (AvgIpc) is 3.02. The summed E-state index contributed by atoms with van der Waals surface area (Å²) < 4.78 is 8.17. The van der Waals surface area contributed by atoms with Crippen molar-refractivity contribution < 1.29 is 9.53 Å². The lowest BCUT2D eigenvalue weighted by Gasteiger charge is -2.24. The van der Waals surface area contributed by atoms with Crippen LogP contribution < -0.4 is 5.73 Å². The van der Waals surface area contributed by atoms with E-state index in [1.165, 1.54) is 6.33 Å². The van der Waals surface area contributed by atoms with Crippen LogP contribution in [0.2, 0.25) is 0 Å². The smallest absolute Gasteiger partial charge is 0.410 e. The number of rotatable bonds is 1. The van der Waals surface area contributed by atoms with E-state index in [1.807, 2.05) is 32.9 Å². The highest BCUT2D eigenvalue weighted by Crippen LogP contribution is 2.29. The van der Waals surface area contributed by atoms with Gasteiger partial charge in [-0.1, -0.05) is 6.08 Å². The topological polar surface area (TPSA) is 85.8 Å². The number of hydrogen-bond donors (Lipinski definition) is 1. The van der Waals surface area contributed by atoms with E-state index in [0.717, 1.165) is 20.4 Å². The Kier molecular flexibility index (Phi) is 3.95. The fraction of sp³-hybridized carbons (Fsp3) is 0.400. The number of carbonyl (C=O) groups excluding carboxylic acids is 1. The van der Waals surface area contributed by atoms with Crippen molar-refractivity contribution in [3.63, 3.8) is 0 Å². The molecule has 3 rings (SSSR count). The first-order valence-corrected chi connectivity index (χ1v) is 8.29. The molecule has 0 saturated carbocycles. The summed E-state index contributed by atoms with van der Waals surface area (Å²) in [7, 11) is 0. The van der Waals surface area contributed by atoms with Crippen molar-refractivity contribution in [2.24, 2.45) is 0 Å². The van der Waals surface area contributed by atoms with E-state index in [-0.39, 0.29) is 6.09 Å². The van der Waals surface area contributed by atoms with Gasteiger partial charge in [-0.2, -0.15) is 5.10 Å². The van der Waals surface area contributed by atoms with Gasteiger partial charge < -0.3 is 15.4 Å². The molecule has 0 saturated heterocycles. The second kappa shape index (κ2) is 5.66. The molecule has 0 atom stereocenters. The Balaban J connectivity index is 1.85. The highest BCUT2D eigenvalue weighted by atomic mass is 127. The van der Waals surface area contributed by atoms with Gasteiger partial charge in [0, 0.05) is 10.1 Å². The normalized spacial score (nSPS) is 15.1. The average molecular weight is 427 g/mol. The van der Waals surface area contributed by atoms with Crippen molar-refractivity contribution in [2.45, 2.75) is 26.4 Å². The number of aromatic nitrogens is 3. The largest absolute Gasteiger partial charge is 0.444 e. The molecule has 0 fully saturated rings. The van der Waals surface area contributed by atoms with Crippen LogP contribution in [0.5, 0.6) is 0 Å². The molecule has 122 valence electrons. The molecule has 1 amide bonds. The number of fused-ring (bicyclic) bond motifs is 1. The summed E-state index contributed by atoms with van der Waals surface area (Å²) in [5, 5.41) is 4.28. The first-order valence-electron chi connectivity index (χ1n) is 7.21. The lowest BCUT2D eigenvalue weighted by Crippen LogP contribution is -2.35. The first-order chi connectivity index (χ1) is 10.8. The zero-order chi connectivity index (χ0) is 16.8. The fourth-order valence-electron chi connectivity index (χ4n) is 2.46. The van der Waals surface area contributed by atoms with E-state index in [0.29, 0.717) is 18.9 Å². The van der Waals surface area contributed by atoms with Crippen LogP contribution in [0.4, 0.5) is 10.6 Å². The van der Waals surface area contributed by atoms with Crippen LogP contribution in [0.25, 0.3) is 11.1 Å². The van der Waals surface area contributed by atoms with Gasteiger partial charge in [0.2, 0.25) is 0 Å². The Morgan fingerprint density at radius 1 is 1.43 bits per heavy atom. The first kappa shape index (κ1) is 16.0. The van der Waals surface area contributed by atoms with Crippen molar-refractivity contribution in [3.8, 4) is 0 Å². The van der Waals surface area contributed by atoms with Crippen molar-refractivity contribution in [1.82, 2.24) is 19.5 Å². The van der Waals surface area contributed by atoms with Gasteiger partial charge in [0.25, 0.3) is 0 Å². The van der Waals surface area contributed by atoms with Gasteiger partial charge >= 0.3 is 6.09 Å². The Labute approximate surface area is 147 Å². The van der Waals surface area contributed by atoms with Gasteiger partial charge in [0.1, 0.15) is 17.4 Å². The lowest BCUT2D eigenvalue weighted by atomic mass is 10.2. The monoisotopic (exact) mass is 427 g/mol. The number of ether oxygens (including phenoxy) is 1. The Bertz CT molecular complexity index is 806. The highest BCUT2D eigenvalue weighted by Gasteiger charge is 2.27. The molecular formula is C15H18IN5O2. The van der Waals surface area contributed by atoms with Gasteiger partial charge in [0.15, 0.2) is 5.82 Å². The van der Waals surface area contributed by atoms with Crippen LogP contribution in [-0.2, 0) is 4.74 Å². The molecule has 2 aromatic rings. The summed E-state index contributed by atoms with van der Waals surface area (Å²) in [6.45, 7) is 6.59. The minimum absolute atomic E-state index is 0.312. The Morgan fingerprint density at radius 3 is 2.87 bits per heavy atom. The van der Waals surface area contributed by atoms with E-state index in [9.17, 15) is 4.79 Å². The molecule has 2 N–H and O–H groups in total. The van der Waals surface area contributed by atoms with Crippen molar-refractivity contribution in [2.75, 3.05) is 18.8 Å². The summed E-state index contributed by atoms with van der Waals surface area (Å²) in [5.41, 5.74) is 8.16. The summed E-state index contributed by atoms with van der Waals surface area (Å²) in [6, 6.07) is 2.01. The molecule has 3 heterocycles. The standard InChI is InChI=1S/C15H18IN5O2/c1-15(2,3)23-14(22)20-5-4-9(7-20)11-6-10(16)12-13(17)18-8-19-21(11)12/h4,6,8H,5,7H2,1-3H3,(H2,17,18,19). The molecule has 2 aromatic heterocycles. The fourth-order valence-corrected chi connectivity index (χ4v) is 3.26. The highest BCUT2D eigenvalue weighted by molar-refractivity contribution is 14.1. The van der Waals surface area contributed by atoms with Gasteiger partial charge in [-0.15, -0.1) is 0 Å². The molecule has 0 aliphatic carbocycles. The second-order valence-corrected chi connectivity index (χ2v) is 7.54. The molecular weight excluding hydrogens is 409 g/mol. The Hall–Kier alpha value is -1.84. The zero-order valence-electron chi connectivity index (χ0n) is 13.2. The van der Waals surface area contributed by atoms with E-state index in [4.69, 9.17) is 10.5 Å². The molecule has 0 radical (unpaired) electrons. The maximum absolute atomic E-state index is 12.2. The molecule has 1 aliphatic rings. The van der Waals surface area contributed by atoms with E-state index in [2.05, 4.69) is 32.7 Å². The van der Waals surface area contributed by atoms with E-state index in [1.54, 1.807) is 9.42 Å². The van der Waals surface area contributed by atoms with Crippen LogP contribution in [-0.4, -0.2) is 44.3 Å². The summed E-state index contributed by atoms with van der Waals surface area (Å²) in [5.74, 6) is 0.443. The van der Waals surface area contributed by atoms with E-state index < -0.39 is 5.60 Å². The maximum Gasteiger partial charge on any atom is 0.410 e. The van der Waals surface area contributed by atoms with Gasteiger partial charge in [-0.05, 0) is 55.0 Å². The second-order valence-electron chi connectivity index (χ2n) is 6.37. The number of anilines is 1. The molecule has 0 aromatic carbocycles. The van der Waals surface area contributed by atoms with Crippen molar-refractivity contribution in [1.29, 1.82) is 0 Å². The van der Waals surface area contributed by atoms with E-state index >= 15 is 0 Å². The van der Waals surface area contributed by atoms with Crippen molar-refractivity contribution >= 4 is 45.6 Å². The SMILES string of the molecule is CC(C)(C)OC(=O)N1CC=C(c2cc(I)c3c(N)ncnn23)C1. The molecule has 23 heavy (non-hydrogen) atoms. The summed E-state index contributed by atoms with van der Waals surface area (Å²) in [4.78, 5) is 17.9. The molecule has 0 unspecified atom stereocenters. The van der Waals surface area contributed by atoms with Crippen LogP contribution in [0.3, 0.4) is 0 Å². The van der Waals surface area contributed by atoms with Gasteiger partial charge in [0.05, 0.1) is 12.2 Å². The number of nitrogen functional groups attached to an aromatic ring is 1. The number of carbonyl (C=O) groups is 1. The van der Waals surface area contributed by atoms with Crippen LogP contribution in [0, 0.1) is 3.57 Å². The maximum atomic E-state index is 12.2. The molecule has 1 aliphatic heterocycles. The third-order valence-electron chi connectivity index (χ3n) is 3.44. The lowest BCUT2D eigenvalue weighted by molar-refractivity contribution is 0.0306. The number of nitrogens with two attached hydrogens (primary N) is 1. The predicted molar refractivity (Wildman–Crippen MR) is 95.9 cm³/mol. The predicted octanol–water partition coefficient (Wildman–Crippen LogP) is 2.55. The number of hydrogen-bond acceptors (Lipinski definition) is 5. The minimum Gasteiger partial charge on any atom is -0.444 e. The van der Waals surface area contributed by atoms with Crippen LogP contribution in [0.15, 0.2) is 18.5 Å². The minimum atomic E-state index is -0.501. The third-order valence-corrected chi connectivity index (χ3v) is 4.26. The van der Waals surface area contributed by atoms with Gasteiger partial charge in [-0.25, -0.2) is 14.3 Å². The number of nitrogens with zero attached hydrogens (tertiary/aromatic N) is 4. The number of amides is 1. The van der Waals surface area contributed by atoms with Crippen LogP contribution in [0.1, 0.15) is 26.5 Å². The van der Waals surface area contributed by atoms with Crippen molar-refractivity contribution in [3.05, 3.63) is 27.7 Å². The Morgan fingerprint density at radius 2 is 2.17 bits per heavy atom. The molecule has 0 spiro atoms. The molecule has 0 bridgehead atoms. The third kappa shape index (κ3) is 3.12. The van der Waals surface area contributed by atoms with Gasteiger partial charge in [-0.3, -0.25) is 0 Å². The molecule has 8 heteroatoms. The molecule has 7 nitrogen and oxygen atoms in total. The summed E-state index contributed by atoms with van der Waals surface area (Å²) >= 11 is 2.21. The number of halogens is 1. The zero-order valence-corrected chi connectivity index (χ0v) is 15.4. The quantitative estimate of drug-likeness (QED) is 0.708. The van der Waals surface area contributed by atoms with Crippen LogP contribution >= 0.6 is 22.6 Å². The summed E-state index contributed by atoms with van der Waals surface area (Å²) in [6.07, 6.45) is 3.14.